The van der Waals surface area contributed by atoms with Crippen LogP contribution in [0.3, 0.4) is 0 Å². The van der Waals surface area contributed by atoms with Gasteiger partial charge in [0.05, 0.1) is 6.61 Å². The lowest BCUT2D eigenvalue weighted by atomic mass is 10.3. The number of hydrogen-bond acceptors (Lipinski definition) is 4. The van der Waals surface area contributed by atoms with E-state index in [2.05, 4.69) is 15.9 Å². The molecule has 0 unspecified atom stereocenters. The maximum atomic E-state index is 12.3. The molecule has 98 valence electrons. The number of rotatable bonds is 7. The van der Waals surface area contributed by atoms with Crippen LogP contribution in [-0.2, 0) is 10.0 Å². The Kier molecular flexibility index (Phi) is 6.08. The van der Waals surface area contributed by atoms with Crippen LogP contribution in [0.15, 0.2) is 20.1 Å². The number of nitrogens with zero attached hydrogens (tertiary/aromatic N) is 1. The predicted molar refractivity (Wildman–Crippen MR) is 72.8 cm³/mol. The molecular formula is C10H16BrNO3S2. The van der Waals surface area contributed by atoms with Gasteiger partial charge in [0.15, 0.2) is 0 Å². The first-order valence-corrected chi connectivity index (χ1v) is 8.49. The van der Waals surface area contributed by atoms with Crippen molar-refractivity contribution in [2.24, 2.45) is 0 Å². The van der Waals surface area contributed by atoms with Gasteiger partial charge in [0.1, 0.15) is 4.21 Å². The largest absolute Gasteiger partial charge is 0.395 e. The highest BCUT2D eigenvalue weighted by molar-refractivity contribution is 9.10. The van der Waals surface area contributed by atoms with Crippen LogP contribution in [0.4, 0.5) is 0 Å². The van der Waals surface area contributed by atoms with E-state index in [4.69, 9.17) is 5.11 Å². The molecule has 0 saturated heterocycles. The Bertz CT molecular complexity index is 444. The SMILES string of the molecule is CCCCN(CCO)S(=O)(=O)c1sccc1Br. The monoisotopic (exact) mass is 341 g/mol. The van der Waals surface area contributed by atoms with Gasteiger partial charge in [-0.3, -0.25) is 0 Å². The van der Waals surface area contributed by atoms with E-state index in [1.54, 1.807) is 11.4 Å². The molecule has 0 saturated carbocycles. The summed E-state index contributed by atoms with van der Waals surface area (Å²) in [5.74, 6) is 0. The van der Waals surface area contributed by atoms with Crippen LogP contribution >= 0.6 is 27.3 Å². The normalized spacial score (nSPS) is 12.2. The number of aliphatic hydroxyl groups excluding tert-OH is 1. The number of thiophene rings is 1. The molecule has 1 aromatic rings. The summed E-state index contributed by atoms with van der Waals surface area (Å²) >= 11 is 4.42. The summed E-state index contributed by atoms with van der Waals surface area (Å²) in [6, 6.07) is 1.72. The molecule has 0 amide bonds. The van der Waals surface area contributed by atoms with Gasteiger partial charge in [-0.15, -0.1) is 11.3 Å². The zero-order valence-corrected chi connectivity index (χ0v) is 12.8. The van der Waals surface area contributed by atoms with Gasteiger partial charge < -0.3 is 5.11 Å². The average Bonchev–Trinajstić information content (AvgIpc) is 2.71. The van der Waals surface area contributed by atoms with Crippen molar-refractivity contribution in [1.29, 1.82) is 0 Å². The fourth-order valence-electron chi connectivity index (χ4n) is 1.38. The summed E-state index contributed by atoms with van der Waals surface area (Å²) in [6.07, 6.45) is 1.71. The third kappa shape index (κ3) is 3.75. The standard InChI is InChI=1S/C10H16BrNO3S2/c1-2-3-5-12(6-7-13)17(14,15)10-9(11)4-8-16-10/h4,8,13H,2-3,5-7H2,1H3. The van der Waals surface area contributed by atoms with Gasteiger partial charge in [0, 0.05) is 17.6 Å². The highest BCUT2D eigenvalue weighted by Crippen LogP contribution is 2.30. The van der Waals surface area contributed by atoms with E-state index in [1.165, 1.54) is 15.6 Å². The topological polar surface area (TPSA) is 57.6 Å². The van der Waals surface area contributed by atoms with Gasteiger partial charge in [0.25, 0.3) is 10.0 Å². The molecule has 0 aliphatic carbocycles. The van der Waals surface area contributed by atoms with E-state index < -0.39 is 10.0 Å². The molecule has 0 spiro atoms. The number of hydrogen-bond donors (Lipinski definition) is 1. The molecule has 1 rings (SSSR count). The summed E-state index contributed by atoms with van der Waals surface area (Å²) in [5, 5.41) is 10.7. The maximum Gasteiger partial charge on any atom is 0.253 e. The van der Waals surface area contributed by atoms with Gasteiger partial charge in [0.2, 0.25) is 0 Å². The molecule has 0 radical (unpaired) electrons. The van der Waals surface area contributed by atoms with Crippen molar-refractivity contribution >= 4 is 37.3 Å². The summed E-state index contributed by atoms with van der Waals surface area (Å²) in [4.78, 5) is 0. The Morgan fingerprint density at radius 3 is 2.65 bits per heavy atom. The van der Waals surface area contributed by atoms with Crippen molar-refractivity contribution in [3.05, 3.63) is 15.9 Å². The minimum Gasteiger partial charge on any atom is -0.395 e. The second-order valence-corrected chi connectivity index (χ2v) is 7.44. The second-order valence-electron chi connectivity index (χ2n) is 3.54. The smallest absolute Gasteiger partial charge is 0.253 e. The van der Waals surface area contributed by atoms with Gasteiger partial charge in [-0.2, -0.15) is 4.31 Å². The van der Waals surface area contributed by atoms with E-state index in [0.717, 1.165) is 12.8 Å². The van der Waals surface area contributed by atoms with Crippen LogP contribution < -0.4 is 0 Å². The van der Waals surface area contributed by atoms with Gasteiger partial charge in [-0.25, -0.2) is 8.42 Å². The summed E-state index contributed by atoms with van der Waals surface area (Å²) in [5.41, 5.74) is 0. The first-order chi connectivity index (χ1) is 8.04. The Morgan fingerprint density at radius 1 is 1.47 bits per heavy atom. The van der Waals surface area contributed by atoms with E-state index in [1.807, 2.05) is 6.92 Å². The maximum absolute atomic E-state index is 12.3. The van der Waals surface area contributed by atoms with Gasteiger partial charge >= 0.3 is 0 Å². The molecule has 0 aromatic carbocycles. The van der Waals surface area contributed by atoms with Crippen molar-refractivity contribution < 1.29 is 13.5 Å². The predicted octanol–water partition coefficient (Wildman–Crippen LogP) is 2.29. The molecule has 0 aliphatic heterocycles. The first kappa shape index (κ1) is 15.1. The Hall–Kier alpha value is 0.0500. The second kappa shape index (κ2) is 6.84. The van der Waals surface area contributed by atoms with Crippen molar-refractivity contribution in [2.45, 2.75) is 24.0 Å². The van der Waals surface area contributed by atoms with Crippen LogP contribution in [0.1, 0.15) is 19.8 Å². The minimum atomic E-state index is -3.48. The highest BCUT2D eigenvalue weighted by atomic mass is 79.9. The number of aliphatic hydroxyl groups is 1. The third-order valence-electron chi connectivity index (χ3n) is 2.27. The van der Waals surface area contributed by atoms with Crippen molar-refractivity contribution in [1.82, 2.24) is 4.31 Å². The molecular weight excluding hydrogens is 326 g/mol. The molecule has 1 aromatic heterocycles. The van der Waals surface area contributed by atoms with E-state index in [9.17, 15) is 8.42 Å². The molecule has 17 heavy (non-hydrogen) atoms. The lowest BCUT2D eigenvalue weighted by molar-refractivity contribution is 0.252. The summed E-state index contributed by atoms with van der Waals surface area (Å²) in [7, 11) is -3.48. The molecule has 0 atom stereocenters. The van der Waals surface area contributed by atoms with E-state index in [-0.39, 0.29) is 13.2 Å². The molecule has 0 aliphatic rings. The number of unbranched alkanes of at least 4 members (excludes halogenated alkanes) is 1. The quantitative estimate of drug-likeness (QED) is 0.827. The highest BCUT2D eigenvalue weighted by Gasteiger charge is 2.26. The molecule has 1 N–H and O–H groups in total. The van der Waals surface area contributed by atoms with Crippen molar-refractivity contribution in [3.63, 3.8) is 0 Å². The molecule has 4 nitrogen and oxygen atoms in total. The summed E-state index contributed by atoms with van der Waals surface area (Å²) in [6.45, 7) is 2.44. The zero-order chi connectivity index (χ0) is 12.9. The third-order valence-corrected chi connectivity index (χ3v) is 6.82. The van der Waals surface area contributed by atoms with Crippen LogP contribution in [0.5, 0.6) is 0 Å². The number of halogens is 1. The summed E-state index contributed by atoms with van der Waals surface area (Å²) < 4.78 is 26.8. The Morgan fingerprint density at radius 2 is 2.18 bits per heavy atom. The Balaban J connectivity index is 2.96. The number of sulfonamides is 1. The lowest BCUT2D eigenvalue weighted by Crippen LogP contribution is -2.34. The van der Waals surface area contributed by atoms with Crippen LogP contribution in [0, 0.1) is 0 Å². The molecule has 0 bridgehead atoms. The zero-order valence-electron chi connectivity index (χ0n) is 9.60. The fourth-order valence-corrected chi connectivity index (χ4v) is 5.30. The molecule has 7 heteroatoms. The van der Waals surface area contributed by atoms with Gasteiger partial charge in [-0.05, 0) is 33.8 Å². The first-order valence-electron chi connectivity index (χ1n) is 5.38. The van der Waals surface area contributed by atoms with Gasteiger partial charge in [-0.1, -0.05) is 13.3 Å². The van der Waals surface area contributed by atoms with Crippen LogP contribution in [0.2, 0.25) is 0 Å². The van der Waals surface area contributed by atoms with E-state index >= 15 is 0 Å². The van der Waals surface area contributed by atoms with Crippen molar-refractivity contribution in [2.75, 3.05) is 19.7 Å². The molecule has 0 fully saturated rings. The minimum absolute atomic E-state index is 0.146. The van der Waals surface area contributed by atoms with Crippen LogP contribution in [-0.4, -0.2) is 37.5 Å². The Labute approximate surface area is 114 Å². The fraction of sp³-hybridized carbons (Fsp3) is 0.600. The van der Waals surface area contributed by atoms with E-state index in [0.29, 0.717) is 15.2 Å². The lowest BCUT2D eigenvalue weighted by Gasteiger charge is -2.20. The molecule has 1 heterocycles. The average molecular weight is 342 g/mol. The van der Waals surface area contributed by atoms with Crippen LogP contribution in [0.25, 0.3) is 0 Å². The van der Waals surface area contributed by atoms with Crippen molar-refractivity contribution in [3.8, 4) is 0 Å².